The van der Waals surface area contributed by atoms with E-state index in [0.29, 0.717) is 24.9 Å². The van der Waals surface area contributed by atoms with Crippen LogP contribution >= 0.6 is 0 Å². The molecule has 0 aliphatic carbocycles. The molecule has 3 rings (SSSR count). The average Bonchev–Trinajstić information content (AvgIpc) is 2.63. The van der Waals surface area contributed by atoms with Gasteiger partial charge in [0.15, 0.2) is 5.43 Å². The zero-order valence-corrected chi connectivity index (χ0v) is 14.1. The number of piperidine rings is 1. The Balaban J connectivity index is 1.71. The number of aromatic nitrogens is 1. The van der Waals surface area contributed by atoms with Crippen LogP contribution in [0.2, 0.25) is 0 Å². The number of hydrogen-bond acceptors (Lipinski definition) is 3. The van der Waals surface area contributed by atoms with Gasteiger partial charge in [-0.15, -0.1) is 0 Å². The zero-order chi connectivity index (χ0) is 17.8. The summed E-state index contributed by atoms with van der Waals surface area (Å²) in [4.78, 5) is 37.2. The summed E-state index contributed by atoms with van der Waals surface area (Å²) in [5.41, 5.74) is 0.703. The number of benzene rings is 1. The Kier molecular flexibility index (Phi) is 5.16. The standard InChI is InChI=1S/C19H22N2O4/c22-17-9-11-20(16-6-2-1-5-15(16)17)13-18(23)21-10-3-4-14(12-21)7-8-19(24)25/h1-2,5-6,9,11,14H,3-4,7-8,10,12-13H2,(H,24,25). The van der Waals surface area contributed by atoms with E-state index >= 15 is 0 Å². The first-order valence-electron chi connectivity index (χ1n) is 8.62. The van der Waals surface area contributed by atoms with Gasteiger partial charge in [0.1, 0.15) is 6.54 Å². The molecule has 132 valence electrons. The minimum atomic E-state index is -0.789. The molecule has 1 aromatic carbocycles. The zero-order valence-electron chi connectivity index (χ0n) is 14.1. The lowest BCUT2D eigenvalue weighted by molar-refractivity contribution is -0.137. The number of nitrogens with zero attached hydrogens (tertiary/aromatic N) is 2. The van der Waals surface area contributed by atoms with Gasteiger partial charge in [-0.25, -0.2) is 0 Å². The van der Waals surface area contributed by atoms with Crippen LogP contribution < -0.4 is 5.43 Å². The summed E-state index contributed by atoms with van der Waals surface area (Å²) in [5.74, 6) is -0.531. The Morgan fingerprint density at radius 2 is 2.00 bits per heavy atom. The summed E-state index contributed by atoms with van der Waals surface area (Å²) in [6.07, 6.45) is 4.30. The third kappa shape index (κ3) is 4.07. The maximum Gasteiger partial charge on any atom is 0.303 e. The van der Waals surface area contributed by atoms with Gasteiger partial charge in [-0.1, -0.05) is 12.1 Å². The van der Waals surface area contributed by atoms with Crippen molar-refractivity contribution in [3.05, 3.63) is 46.8 Å². The van der Waals surface area contributed by atoms with Crippen molar-refractivity contribution >= 4 is 22.8 Å². The second-order valence-corrected chi connectivity index (χ2v) is 6.61. The van der Waals surface area contributed by atoms with Gasteiger partial charge in [-0.05, 0) is 37.3 Å². The molecule has 6 heteroatoms. The van der Waals surface area contributed by atoms with Crippen LogP contribution in [-0.2, 0) is 16.1 Å². The summed E-state index contributed by atoms with van der Waals surface area (Å²) < 4.78 is 1.81. The predicted molar refractivity (Wildman–Crippen MR) is 94.4 cm³/mol. The summed E-state index contributed by atoms with van der Waals surface area (Å²) in [6, 6.07) is 8.76. The van der Waals surface area contributed by atoms with Crippen LogP contribution in [0.1, 0.15) is 25.7 Å². The lowest BCUT2D eigenvalue weighted by Gasteiger charge is -2.33. The van der Waals surface area contributed by atoms with E-state index in [9.17, 15) is 14.4 Å². The van der Waals surface area contributed by atoms with E-state index in [-0.39, 0.29) is 30.2 Å². The number of pyridine rings is 1. The van der Waals surface area contributed by atoms with Gasteiger partial charge in [-0.3, -0.25) is 14.4 Å². The second-order valence-electron chi connectivity index (χ2n) is 6.61. The number of carboxylic acid groups (broad SMARTS) is 1. The number of rotatable bonds is 5. The van der Waals surface area contributed by atoms with Crippen LogP contribution in [0.15, 0.2) is 41.3 Å². The number of carboxylic acids is 1. The SMILES string of the molecule is O=C(O)CCC1CCCN(C(=O)Cn2ccc(=O)c3ccccc32)C1. The van der Waals surface area contributed by atoms with Crippen LogP contribution in [0, 0.1) is 5.92 Å². The van der Waals surface area contributed by atoms with Gasteiger partial charge in [0.25, 0.3) is 0 Å². The number of fused-ring (bicyclic) bond motifs is 1. The molecule has 1 aliphatic heterocycles. The van der Waals surface area contributed by atoms with Gasteiger partial charge >= 0.3 is 5.97 Å². The van der Waals surface area contributed by atoms with Crippen LogP contribution in [0.3, 0.4) is 0 Å². The fourth-order valence-corrected chi connectivity index (χ4v) is 3.50. The summed E-state index contributed by atoms with van der Waals surface area (Å²) in [6.45, 7) is 1.51. The molecule has 0 saturated carbocycles. The molecule has 1 unspecified atom stereocenters. The molecule has 1 N–H and O–H groups in total. The molecule has 1 atom stereocenters. The fourth-order valence-electron chi connectivity index (χ4n) is 3.50. The van der Waals surface area contributed by atoms with E-state index in [1.807, 2.05) is 23.1 Å². The highest BCUT2D eigenvalue weighted by Gasteiger charge is 2.24. The predicted octanol–water partition coefficient (Wildman–Crippen LogP) is 2.10. The van der Waals surface area contributed by atoms with E-state index < -0.39 is 5.97 Å². The van der Waals surface area contributed by atoms with Crippen molar-refractivity contribution in [2.24, 2.45) is 5.92 Å². The normalized spacial score (nSPS) is 17.6. The largest absolute Gasteiger partial charge is 0.481 e. The Morgan fingerprint density at radius 1 is 1.20 bits per heavy atom. The quantitative estimate of drug-likeness (QED) is 0.902. The Bertz CT molecular complexity index is 843. The van der Waals surface area contributed by atoms with E-state index in [0.717, 1.165) is 18.4 Å². The Hall–Kier alpha value is -2.63. The Labute approximate surface area is 145 Å². The maximum absolute atomic E-state index is 12.7. The Morgan fingerprint density at radius 3 is 2.80 bits per heavy atom. The fraction of sp³-hybridized carbons (Fsp3) is 0.421. The molecule has 1 amide bonds. The third-order valence-corrected chi connectivity index (χ3v) is 4.83. The minimum Gasteiger partial charge on any atom is -0.481 e. The molecule has 1 aromatic heterocycles. The molecule has 25 heavy (non-hydrogen) atoms. The van der Waals surface area contributed by atoms with Crippen molar-refractivity contribution in [2.45, 2.75) is 32.2 Å². The van der Waals surface area contributed by atoms with E-state index in [4.69, 9.17) is 5.11 Å². The molecule has 6 nitrogen and oxygen atoms in total. The van der Waals surface area contributed by atoms with Crippen molar-refractivity contribution in [1.29, 1.82) is 0 Å². The average molecular weight is 342 g/mol. The third-order valence-electron chi connectivity index (χ3n) is 4.83. The summed E-state index contributed by atoms with van der Waals surface area (Å²) >= 11 is 0. The summed E-state index contributed by atoms with van der Waals surface area (Å²) in [7, 11) is 0. The van der Waals surface area contributed by atoms with Gasteiger partial charge in [0.05, 0.1) is 5.52 Å². The van der Waals surface area contributed by atoms with Gasteiger partial charge in [-0.2, -0.15) is 0 Å². The maximum atomic E-state index is 12.7. The van der Waals surface area contributed by atoms with Crippen molar-refractivity contribution in [3.63, 3.8) is 0 Å². The van der Waals surface area contributed by atoms with E-state index in [1.54, 1.807) is 16.8 Å². The lowest BCUT2D eigenvalue weighted by Crippen LogP contribution is -2.41. The first kappa shape index (κ1) is 17.2. The highest BCUT2D eigenvalue weighted by Crippen LogP contribution is 2.21. The molecule has 0 radical (unpaired) electrons. The highest BCUT2D eigenvalue weighted by atomic mass is 16.4. The number of hydrogen-bond donors (Lipinski definition) is 1. The molecule has 2 aromatic rings. The molecule has 0 spiro atoms. The van der Waals surface area contributed by atoms with Crippen molar-refractivity contribution in [3.8, 4) is 0 Å². The lowest BCUT2D eigenvalue weighted by atomic mass is 9.93. The number of para-hydroxylation sites is 1. The number of amides is 1. The monoisotopic (exact) mass is 342 g/mol. The van der Waals surface area contributed by atoms with Gasteiger partial charge < -0.3 is 14.6 Å². The van der Waals surface area contributed by atoms with Crippen LogP contribution in [0.4, 0.5) is 0 Å². The number of likely N-dealkylation sites (tertiary alicyclic amines) is 1. The molecule has 0 bridgehead atoms. The molecular formula is C19H22N2O4. The number of carbonyl (C=O) groups excluding carboxylic acids is 1. The van der Waals surface area contributed by atoms with E-state index in [2.05, 4.69) is 0 Å². The topological polar surface area (TPSA) is 79.6 Å². The molecule has 2 heterocycles. The highest BCUT2D eigenvalue weighted by molar-refractivity contribution is 5.82. The van der Waals surface area contributed by atoms with Crippen molar-refractivity contribution in [1.82, 2.24) is 9.47 Å². The van der Waals surface area contributed by atoms with Crippen molar-refractivity contribution in [2.75, 3.05) is 13.1 Å². The van der Waals surface area contributed by atoms with Crippen LogP contribution in [0.25, 0.3) is 10.9 Å². The number of aliphatic carboxylic acids is 1. The molecular weight excluding hydrogens is 320 g/mol. The molecule has 1 aliphatic rings. The van der Waals surface area contributed by atoms with Crippen molar-refractivity contribution < 1.29 is 14.7 Å². The van der Waals surface area contributed by atoms with Gasteiger partial charge in [0.2, 0.25) is 5.91 Å². The minimum absolute atomic E-state index is 0.00817. The van der Waals surface area contributed by atoms with E-state index in [1.165, 1.54) is 6.07 Å². The van der Waals surface area contributed by atoms with Crippen LogP contribution in [-0.4, -0.2) is 39.5 Å². The van der Waals surface area contributed by atoms with Gasteiger partial charge in [0, 0.05) is 37.2 Å². The summed E-state index contributed by atoms with van der Waals surface area (Å²) in [5, 5.41) is 9.43. The molecule has 1 fully saturated rings. The molecule has 1 saturated heterocycles. The second kappa shape index (κ2) is 7.51. The first-order valence-corrected chi connectivity index (χ1v) is 8.62. The smallest absolute Gasteiger partial charge is 0.303 e. The van der Waals surface area contributed by atoms with Crippen LogP contribution in [0.5, 0.6) is 0 Å². The number of carbonyl (C=O) groups is 2. The first-order chi connectivity index (χ1) is 12.0.